The second-order valence-corrected chi connectivity index (χ2v) is 11.7. The number of nitrogens with zero attached hydrogens (tertiary/aromatic N) is 6. The molecule has 4 heterocycles. The van der Waals surface area contributed by atoms with E-state index in [0.717, 1.165) is 23.1 Å². The van der Waals surface area contributed by atoms with Gasteiger partial charge in [0.25, 0.3) is 0 Å². The standard InChI is InChI=1S/C29H28BrN7O4/c1-15-5-8-23(30)33-26(15)34-27(39)21-10-29(3)11-22(29)37(21)24(38)14-36-20-7-6-17(18-12-31-16(2)32-13-18)9-19(20)25(35-36)28(40)41-4/h5-9,12-13,21-22H,10-11,14H2,1-4H3,(H,33,34,39)/t21-,22+,29-/m0/s1. The summed E-state index contributed by atoms with van der Waals surface area (Å²) in [7, 11) is 1.29. The Kier molecular flexibility index (Phi) is 6.60. The van der Waals surface area contributed by atoms with Crippen LogP contribution >= 0.6 is 15.9 Å². The zero-order chi connectivity index (χ0) is 29.1. The Balaban J connectivity index is 1.30. The summed E-state index contributed by atoms with van der Waals surface area (Å²) >= 11 is 3.35. The molecule has 4 aromatic rings. The third kappa shape index (κ3) is 4.86. The van der Waals surface area contributed by atoms with Crippen LogP contribution in [-0.4, -0.2) is 66.6 Å². The molecule has 0 bridgehead atoms. The first-order valence-electron chi connectivity index (χ1n) is 13.2. The molecule has 2 fully saturated rings. The number of anilines is 1. The fourth-order valence-corrected chi connectivity index (χ4v) is 5.98. The van der Waals surface area contributed by atoms with Crippen LogP contribution in [0.15, 0.2) is 47.3 Å². The van der Waals surface area contributed by atoms with Gasteiger partial charge in [0.15, 0.2) is 5.69 Å². The average molecular weight is 618 g/mol. The first-order valence-corrected chi connectivity index (χ1v) is 14.0. The highest BCUT2D eigenvalue weighted by molar-refractivity contribution is 9.10. The number of piperidine rings is 1. The number of likely N-dealkylation sites (tertiary alicyclic amines) is 1. The van der Waals surface area contributed by atoms with Gasteiger partial charge in [0.05, 0.1) is 12.6 Å². The minimum Gasteiger partial charge on any atom is -0.464 e. The quantitative estimate of drug-likeness (QED) is 0.253. The maximum Gasteiger partial charge on any atom is 0.359 e. The van der Waals surface area contributed by atoms with E-state index in [9.17, 15) is 14.4 Å². The van der Waals surface area contributed by atoms with E-state index in [-0.39, 0.29) is 35.5 Å². The number of pyridine rings is 1. The van der Waals surface area contributed by atoms with E-state index in [2.05, 4.69) is 48.2 Å². The average Bonchev–Trinajstić information content (AvgIpc) is 3.32. The van der Waals surface area contributed by atoms with Crippen molar-refractivity contribution in [2.45, 2.75) is 52.2 Å². The monoisotopic (exact) mass is 617 g/mol. The van der Waals surface area contributed by atoms with E-state index in [0.29, 0.717) is 33.6 Å². The molecule has 0 unspecified atom stereocenters. The minimum atomic E-state index is -0.638. The Hall–Kier alpha value is -4.19. The van der Waals surface area contributed by atoms with Gasteiger partial charge >= 0.3 is 5.97 Å². The molecule has 41 heavy (non-hydrogen) atoms. The number of benzene rings is 1. The summed E-state index contributed by atoms with van der Waals surface area (Å²) in [6.07, 6.45) is 4.83. The number of fused-ring (bicyclic) bond motifs is 2. The number of ether oxygens (including phenoxy) is 1. The van der Waals surface area contributed by atoms with Crippen LogP contribution in [0.5, 0.6) is 0 Å². The molecule has 1 aromatic carbocycles. The minimum absolute atomic E-state index is 0.0302. The number of aryl methyl sites for hydroxylation is 2. The summed E-state index contributed by atoms with van der Waals surface area (Å²) in [5, 5.41) is 7.94. The number of hydrogen-bond donors (Lipinski definition) is 1. The zero-order valence-corrected chi connectivity index (χ0v) is 24.6. The number of carbonyl (C=O) groups excluding carboxylic acids is 3. The lowest BCUT2D eigenvalue weighted by molar-refractivity contribution is -0.138. The second kappa shape index (κ2) is 10.0. The van der Waals surface area contributed by atoms with Gasteiger partial charge < -0.3 is 15.0 Å². The molecule has 11 nitrogen and oxygen atoms in total. The van der Waals surface area contributed by atoms with Crippen LogP contribution in [0.4, 0.5) is 5.82 Å². The smallest absolute Gasteiger partial charge is 0.359 e. The molecule has 210 valence electrons. The molecule has 1 N–H and O–H groups in total. The Morgan fingerprint density at radius 1 is 1.10 bits per heavy atom. The molecule has 1 saturated carbocycles. The summed E-state index contributed by atoms with van der Waals surface area (Å²) in [5.74, 6) is -0.0140. The van der Waals surface area contributed by atoms with Crippen LogP contribution in [-0.2, 0) is 20.9 Å². The molecule has 0 spiro atoms. The Bertz CT molecular complexity index is 1720. The van der Waals surface area contributed by atoms with Crippen molar-refractivity contribution in [1.82, 2.24) is 29.6 Å². The summed E-state index contributed by atoms with van der Waals surface area (Å²) in [6.45, 7) is 5.64. The molecular formula is C29H28BrN7O4. The lowest BCUT2D eigenvalue weighted by Crippen LogP contribution is -2.47. The van der Waals surface area contributed by atoms with Crippen LogP contribution in [0.3, 0.4) is 0 Å². The van der Waals surface area contributed by atoms with E-state index >= 15 is 0 Å². The van der Waals surface area contributed by atoms with Crippen molar-refractivity contribution >= 4 is 50.4 Å². The molecule has 1 aliphatic heterocycles. The molecule has 1 aliphatic carbocycles. The van der Waals surface area contributed by atoms with Gasteiger partial charge in [-0.05, 0) is 77.4 Å². The molecule has 12 heteroatoms. The number of esters is 1. The Morgan fingerprint density at radius 3 is 2.59 bits per heavy atom. The van der Waals surface area contributed by atoms with E-state index in [1.165, 1.54) is 11.8 Å². The number of carbonyl (C=O) groups is 3. The predicted molar refractivity (Wildman–Crippen MR) is 154 cm³/mol. The normalized spacial score (nSPS) is 21.0. The van der Waals surface area contributed by atoms with E-state index in [4.69, 9.17) is 4.74 Å². The van der Waals surface area contributed by atoms with Crippen molar-refractivity contribution < 1.29 is 19.1 Å². The molecule has 6 rings (SSSR count). The van der Waals surface area contributed by atoms with Gasteiger partial charge in [-0.2, -0.15) is 5.10 Å². The van der Waals surface area contributed by atoms with Crippen LogP contribution in [0.25, 0.3) is 22.0 Å². The van der Waals surface area contributed by atoms with Crippen molar-refractivity contribution in [2.24, 2.45) is 5.41 Å². The van der Waals surface area contributed by atoms with Gasteiger partial charge in [0.2, 0.25) is 11.8 Å². The highest BCUT2D eigenvalue weighted by Crippen LogP contribution is 2.59. The maximum absolute atomic E-state index is 13.8. The number of nitrogens with one attached hydrogen (secondary N) is 1. The molecule has 2 amide bonds. The van der Waals surface area contributed by atoms with Gasteiger partial charge in [-0.3, -0.25) is 14.3 Å². The van der Waals surface area contributed by atoms with Crippen LogP contribution < -0.4 is 5.32 Å². The largest absolute Gasteiger partial charge is 0.464 e. The first kappa shape index (κ1) is 27.0. The lowest BCUT2D eigenvalue weighted by atomic mass is 10.0. The SMILES string of the molecule is COC(=O)c1nn(CC(=O)N2[C@H](C(=O)Nc3nc(Br)ccc3C)C[C@@]3(C)C[C@@H]23)c2ccc(-c3cnc(C)nc3)cc12. The number of hydrogen-bond acceptors (Lipinski definition) is 8. The summed E-state index contributed by atoms with van der Waals surface area (Å²) < 4.78 is 7.10. The van der Waals surface area contributed by atoms with E-state index in [1.807, 2.05) is 31.2 Å². The zero-order valence-electron chi connectivity index (χ0n) is 23.0. The number of aromatic nitrogens is 5. The topological polar surface area (TPSA) is 132 Å². The number of halogens is 1. The molecule has 0 radical (unpaired) electrons. The Labute approximate surface area is 244 Å². The number of rotatable bonds is 6. The molecule has 3 aromatic heterocycles. The van der Waals surface area contributed by atoms with Gasteiger partial charge in [-0.15, -0.1) is 0 Å². The lowest BCUT2D eigenvalue weighted by Gasteiger charge is -2.27. The van der Waals surface area contributed by atoms with Crippen molar-refractivity contribution in [3.63, 3.8) is 0 Å². The summed E-state index contributed by atoms with van der Waals surface area (Å²) in [5.41, 5.74) is 3.01. The molecule has 3 atom stereocenters. The highest BCUT2D eigenvalue weighted by atomic mass is 79.9. The molecular weight excluding hydrogens is 590 g/mol. The van der Waals surface area contributed by atoms with Crippen LogP contribution in [0.2, 0.25) is 0 Å². The molecule has 2 aliphatic rings. The van der Waals surface area contributed by atoms with Crippen molar-refractivity contribution in [2.75, 3.05) is 12.4 Å². The van der Waals surface area contributed by atoms with Crippen LogP contribution in [0.1, 0.15) is 41.6 Å². The maximum atomic E-state index is 13.8. The second-order valence-electron chi connectivity index (χ2n) is 10.9. The van der Waals surface area contributed by atoms with Crippen LogP contribution in [0, 0.1) is 19.3 Å². The fourth-order valence-electron chi connectivity index (χ4n) is 5.67. The van der Waals surface area contributed by atoms with Gasteiger partial charge in [-0.25, -0.2) is 19.7 Å². The van der Waals surface area contributed by atoms with Gasteiger partial charge in [-0.1, -0.05) is 19.1 Å². The third-order valence-electron chi connectivity index (χ3n) is 8.06. The number of amides is 2. The van der Waals surface area contributed by atoms with Crippen molar-refractivity contribution in [3.8, 4) is 11.1 Å². The van der Waals surface area contributed by atoms with E-state index < -0.39 is 12.0 Å². The summed E-state index contributed by atoms with van der Waals surface area (Å²) in [6, 6.07) is 8.51. The van der Waals surface area contributed by atoms with Crippen molar-refractivity contribution in [3.05, 3.63) is 64.4 Å². The van der Waals surface area contributed by atoms with Gasteiger partial charge in [0.1, 0.15) is 28.8 Å². The predicted octanol–water partition coefficient (Wildman–Crippen LogP) is 4.07. The van der Waals surface area contributed by atoms with Gasteiger partial charge in [0, 0.05) is 29.4 Å². The highest BCUT2D eigenvalue weighted by Gasteiger charge is 2.64. The fraction of sp³-hybridized carbons (Fsp3) is 0.345. The number of methoxy groups -OCH3 is 1. The van der Waals surface area contributed by atoms with E-state index in [1.54, 1.807) is 30.3 Å². The first-order chi connectivity index (χ1) is 19.6. The van der Waals surface area contributed by atoms with Crippen molar-refractivity contribution in [1.29, 1.82) is 0 Å². The third-order valence-corrected chi connectivity index (χ3v) is 8.50. The Morgan fingerprint density at radius 2 is 1.85 bits per heavy atom. The molecule has 1 saturated heterocycles. The summed E-state index contributed by atoms with van der Waals surface area (Å²) in [4.78, 5) is 54.5.